The standard InChI is InChI=1S/C24H38O2/c1-3-4-5-6-7-8-9-10-11-12-13-14-16-19-22(2)26-24(25)23-20-17-15-18-21-23/h5-6,15,17-18,20-22H,3-4,7-14,16,19H2,1-2H3/b6-5+. The number of carbonyl (C=O) groups is 1. The van der Waals surface area contributed by atoms with Crippen molar-refractivity contribution in [3.05, 3.63) is 48.0 Å². The molecule has 0 aliphatic heterocycles. The summed E-state index contributed by atoms with van der Waals surface area (Å²) in [5, 5.41) is 0. The predicted molar refractivity (Wildman–Crippen MR) is 112 cm³/mol. The molecular weight excluding hydrogens is 320 g/mol. The van der Waals surface area contributed by atoms with Crippen molar-refractivity contribution in [2.45, 2.75) is 97.0 Å². The van der Waals surface area contributed by atoms with Gasteiger partial charge in [-0.05, 0) is 51.2 Å². The van der Waals surface area contributed by atoms with E-state index in [1.807, 2.05) is 25.1 Å². The number of unbranched alkanes of at least 4 members (excludes halogenated alkanes) is 9. The highest BCUT2D eigenvalue weighted by Gasteiger charge is 2.10. The highest BCUT2D eigenvalue weighted by atomic mass is 16.5. The molecule has 0 heterocycles. The highest BCUT2D eigenvalue weighted by molar-refractivity contribution is 5.89. The Labute approximate surface area is 161 Å². The summed E-state index contributed by atoms with van der Waals surface area (Å²) in [4.78, 5) is 12.0. The molecular formula is C24H38O2. The number of rotatable bonds is 15. The molecule has 0 amide bonds. The van der Waals surface area contributed by atoms with Gasteiger partial charge in [0, 0.05) is 0 Å². The molecule has 0 saturated heterocycles. The molecule has 0 saturated carbocycles. The maximum absolute atomic E-state index is 12.0. The van der Waals surface area contributed by atoms with E-state index in [-0.39, 0.29) is 12.1 Å². The van der Waals surface area contributed by atoms with Crippen LogP contribution in [-0.4, -0.2) is 12.1 Å². The molecule has 0 fully saturated rings. The van der Waals surface area contributed by atoms with Gasteiger partial charge in [0.25, 0.3) is 0 Å². The fraction of sp³-hybridized carbons (Fsp3) is 0.625. The van der Waals surface area contributed by atoms with Crippen LogP contribution in [0.1, 0.15) is 101 Å². The van der Waals surface area contributed by atoms with Gasteiger partial charge in [0.05, 0.1) is 11.7 Å². The lowest BCUT2D eigenvalue weighted by molar-refractivity contribution is 0.0319. The van der Waals surface area contributed by atoms with Gasteiger partial charge in [-0.1, -0.05) is 82.2 Å². The van der Waals surface area contributed by atoms with Crippen molar-refractivity contribution in [3.63, 3.8) is 0 Å². The van der Waals surface area contributed by atoms with Crippen LogP contribution in [-0.2, 0) is 4.74 Å². The van der Waals surface area contributed by atoms with Crippen molar-refractivity contribution in [1.82, 2.24) is 0 Å². The van der Waals surface area contributed by atoms with E-state index in [4.69, 9.17) is 4.74 Å². The second kappa shape index (κ2) is 15.7. The van der Waals surface area contributed by atoms with Crippen LogP contribution in [0, 0.1) is 0 Å². The van der Waals surface area contributed by atoms with Crippen molar-refractivity contribution in [1.29, 1.82) is 0 Å². The maximum Gasteiger partial charge on any atom is 0.338 e. The van der Waals surface area contributed by atoms with Gasteiger partial charge in [-0.25, -0.2) is 4.79 Å². The fourth-order valence-corrected chi connectivity index (χ4v) is 3.04. The Balaban J connectivity index is 1.90. The first-order chi connectivity index (χ1) is 12.7. The third-order valence-corrected chi connectivity index (χ3v) is 4.67. The van der Waals surface area contributed by atoms with Gasteiger partial charge < -0.3 is 4.74 Å². The molecule has 2 heteroatoms. The van der Waals surface area contributed by atoms with Crippen LogP contribution in [0.25, 0.3) is 0 Å². The van der Waals surface area contributed by atoms with Crippen LogP contribution < -0.4 is 0 Å². The largest absolute Gasteiger partial charge is 0.459 e. The number of esters is 1. The Morgan fingerprint density at radius 2 is 1.46 bits per heavy atom. The summed E-state index contributed by atoms with van der Waals surface area (Å²) >= 11 is 0. The van der Waals surface area contributed by atoms with Crippen molar-refractivity contribution >= 4 is 5.97 Å². The first-order valence-electron chi connectivity index (χ1n) is 10.6. The molecule has 26 heavy (non-hydrogen) atoms. The Kier molecular flexibility index (Phi) is 13.5. The summed E-state index contributed by atoms with van der Waals surface area (Å²) in [5.41, 5.74) is 0.639. The molecule has 0 spiro atoms. The van der Waals surface area contributed by atoms with E-state index in [2.05, 4.69) is 19.1 Å². The van der Waals surface area contributed by atoms with Crippen LogP contribution in [0.15, 0.2) is 42.5 Å². The van der Waals surface area contributed by atoms with Gasteiger partial charge in [0.2, 0.25) is 0 Å². The lowest BCUT2D eigenvalue weighted by atomic mass is 10.1. The molecule has 1 unspecified atom stereocenters. The van der Waals surface area contributed by atoms with E-state index >= 15 is 0 Å². The van der Waals surface area contributed by atoms with Crippen molar-refractivity contribution in [2.24, 2.45) is 0 Å². The third kappa shape index (κ3) is 11.9. The average molecular weight is 359 g/mol. The number of hydrogen-bond acceptors (Lipinski definition) is 2. The smallest absolute Gasteiger partial charge is 0.338 e. The summed E-state index contributed by atoms with van der Waals surface area (Å²) in [6.07, 6.45) is 19.8. The average Bonchev–Trinajstić information content (AvgIpc) is 2.66. The number of carbonyl (C=O) groups excluding carboxylic acids is 1. The molecule has 1 atom stereocenters. The van der Waals surface area contributed by atoms with Gasteiger partial charge in [-0.2, -0.15) is 0 Å². The topological polar surface area (TPSA) is 26.3 Å². The third-order valence-electron chi connectivity index (χ3n) is 4.67. The number of ether oxygens (including phenoxy) is 1. The molecule has 2 nitrogen and oxygen atoms in total. The summed E-state index contributed by atoms with van der Waals surface area (Å²) < 4.78 is 5.50. The number of hydrogen-bond donors (Lipinski definition) is 0. The van der Waals surface area contributed by atoms with Crippen LogP contribution in [0.5, 0.6) is 0 Å². The fourth-order valence-electron chi connectivity index (χ4n) is 3.04. The van der Waals surface area contributed by atoms with Gasteiger partial charge in [-0.3, -0.25) is 0 Å². The monoisotopic (exact) mass is 358 g/mol. The number of allylic oxidation sites excluding steroid dienone is 2. The second-order valence-corrected chi connectivity index (χ2v) is 7.25. The molecule has 0 aromatic heterocycles. The number of benzene rings is 1. The Morgan fingerprint density at radius 3 is 2.12 bits per heavy atom. The minimum Gasteiger partial charge on any atom is -0.459 e. The van der Waals surface area contributed by atoms with Crippen molar-refractivity contribution in [2.75, 3.05) is 0 Å². The van der Waals surface area contributed by atoms with E-state index < -0.39 is 0 Å². The van der Waals surface area contributed by atoms with E-state index in [9.17, 15) is 4.79 Å². The van der Waals surface area contributed by atoms with E-state index in [1.54, 1.807) is 12.1 Å². The minimum absolute atomic E-state index is 0.00321. The van der Waals surface area contributed by atoms with Gasteiger partial charge in [-0.15, -0.1) is 0 Å². The van der Waals surface area contributed by atoms with Crippen LogP contribution >= 0.6 is 0 Å². The van der Waals surface area contributed by atoms with Crippen molar-refractivity contribution in [3.8, 4) is 0 Å². The van der Waals surface area contributed by atoms with Gasteiger partial charge in [0.15, 0.2) is 0 Å². The maximum atomic E-state index is 12.0. The Bertz CT molecular complexity index is 478. The molecule has 0 bridgehead atoms. The summed E-state index contributed by atoms with van der Waals surface area (Å²) in [5.74, 6) is -0.206. The zero-order valence-corrected chi connectivity index (χ0v) is 16.9. The molecule has 1 aromatic rings. The normalized spacial score (nSPS) is 12.4. The van der Waals surface area contributed by atoms with Crippen LogP contribution in [0.4, 0.5) is 0 Å². The summed E-state index contributed by atoms with van der Waals surface area (Å²) in [6, 6.07) is 9.24. The first kappa shape index (κ1) is 22.5. The Morgan fingerprint density at radius 1 is 0.885 bits per heavy atom. The summed E-state index contributed by atoms with van der Waals surface area (Å²) in [7, 11) is 0. The SMILES string of the molecule is CCC/C=C/CCCCCCCCCCC(C)OC(=O)c1ccccc1. The lowest BCUT2D eigenvalue weighted by Crippen LogP contribution is -2.14. The van der Waals surface area contributed by atoms with Gasteiger partial charge in [0.1, 0.15) is 0 Å². The van der Waals surface area contributed by atoms with Crippen molar-refractivity contribution < 1.29 is 9.53 Å². The molecule has 146 valence electrons. The predicted octanol–water partition coefficient (Wildman–Crippen LogP) is 7.49. The highest BCUT2D eigenvalue weighted by Crippen LogP contribution is 2.13. The molecule has 0 N–H and O–H groups in total. The van der Waals surface area contributed by atoms with Crippen LogP contribution in [0.2, 0.25) is 0 Å². The van der Waals surface area contributed by atoms with E-state index in [0.717, 1.165) is 12.8 Å². The second-order valence-electron chi connectivity index (χ2n) is 7.25. The van der Waals surface area contributed by atoms with E-state index in [1.165, 1.54) is 64.2 Å². The Hall–Kier alpha value is -1.57. The summed E-state index contributed by atoms with van der Waals surface area (Å²) in [6.45, 7) is 4.22. The molecule has 0 aliphatic carbocycles. The lowest BCUT2D eigenvalue weighted by Gasteiger charge is -2.13. The minimum atomic E-state index is -0.206. The zero-order valence-electron chi connectivity index (χ0n) is 16.9. The first-order valence-corrected chi connectivity index (χ1v) is 10.6. The van der Waals surface area contributed by atoms with Crippen LogP contribution in [0.3, 0.4) is 0 Å². The molecule has 0 aliphatic rings. The van der Waals surface area contributed by atoms with Gasteiger partial charge >= 0.3 is 5.97 Å². The molecule has 1 rings (SSSR count). The van der Waals surface area contributed by atoms with E-state index in [0.29, 0.717) is 5.56 Å². The molecule has 1 aromatic carbocycles. The zero-order chi connectivity index (χ0) is 18.9. The molecule has 0 radical (unpaired) electrons. The quantitative estimate of drug-likeness (QED) is 0.184.